The van der Waals surface area contributed by atoms with E-state index in [4.69, 9.17) is 20.0 Å². The fourth-order valence-corrected chi connectivity index (χ4v) is 1.80. The summed E-state index contributed by atoms with van der Waals surface area (Å²) in [6, 6.07) is 14.2. The molecule has 112 valence electrons. The van der Waals surface area contributed by atoms with Gasteiger partial charge in [-0.1, -0.05) is 18.2 Å². The topological polar surface area (TPSA) is 69.3 Å². The zero-order valence-electron chi connectivity index (χ0n) is 12.2. The van der Waals surface area contributed by atoms with Gasteiger partial charge in [-0.25, -0.2) is 0 Å². The fourth-order valence-electron chi connectivity index (χ4n) is 1.80. The molecule has 5 heteroatoms. The maximum atomic E-state index is 8.46. The summed E-state index contributed by atoms with van der Waals surface area (Å²) in [7, 11) is 0. The summed E-state index contributed by atoms with van der Waals surface area (Å²) in [5, 5.41) is 16.9. The first-order valence-electron chi connectivity index (χ1n) is 7.08. The Labute approximate surface area is 126 Å². The molecule has 0 aliphatic carbocycles. The van der Waals surface area contributed by atoms with Crippen molar-refractivity contribution in [2.24, 2.45) is 0 Å². The molecule has 1 aromatic carbocycles. The average molecular weight is 287 g/mol. The lowest BCUT2D eigenvalue weighted by Crippen LogP contribution is -2.31. The molecule has 0 saturated heterocycles. The van der Waals surface area contributed by atoms with Crippen molar-refractivity contribution in [3.63, 3.8) is 0 Å². The lowest BCUT2D eigenvalue weighted by molar-refractivity contribution is 0.134. The third kappa shape index (κ3) is 7.94. The van der Waals surface area contributed by atoms with E-state index in [1.54, 1.807) is 0 Å². The van der Waals surface area contributed by atoms with Crippen molar-refractivity contribution in [3.8, 4) is 12.1 Å². The molecule has 0 atom stereocenters. The van der Waals surface area contributed by atoms with Gasteiger partial charge in [-0.3, -0.25) is 0 Å². The molecule has 5 nitrogen and oxygen atoms in total. The summed E-state index contributed by atoms with van der Waals surface area (Å²) in [5.74, 6) is 0. The zero-order valence-corrected chi connectivity index (χ0v) is 12.2. The van der Waals surface area contributed by atoms with Crippen LogP contribution in [-0.4, -0.2) is 39.5 Å². The SMILES string of the molecule is N#CCCOCCN(CCOCCC#N)c1ccccc1. The predicted molar refractivity (Wildman–Crippen MR) is 80.8 cm³/mol. The van der Waals surface area contributed by atoms with Gasteiger partial charge in [0.05, 0.1) is 51.4 Å². The highest BCUT2D eigenvalue weighted by Crippen LogP contribution is 2.12. The molecule has 0 N–H and O–H groups in total. The summed E-state index contributed by atoms with van der Waals surface area (Å²) in [5.41, 5.74) is 1.12. The van der Waals surface area contributed by atoms with Gasteiger partial charge in [-0.05, 0) is 12.1 Å². The van der Waals surface area contributed by atoms with E-state index in [1.165, 1.54) is 0 Å². The first-order valence-corrected chi connectivity index (χ1v) is 7.08. The standard InChI is InChI=1S/C16H21N3O2/c17-8-4-12-20-14-10-19(11-15-21-13-5-9-18)16-6-2-1-3-7-16/h1-3,6-7H,4-5,10-15H2. The number of benzene rings is 1. The second-order valence-electron chi connectivity index (χ2n) is 4.36. The van der Waals surface area contributed by atoms with Crippen LogP contribution in [0.1, 0.15) is 12.8 Å². The second-order valence-corrected chi connectivity index (χ2v) is 4.36. The zero-order chi connectivity index (χ0) is 15.2. The molecule has 0 heterocycles. The van der Waals surface area contributed by atoms with E-state index in [1.807, 2.05) is 30.3 Å². The summed E-state index contributed by atoms with van der Waals surface area (Å²) in [6.07, 6.45) is 0.839. The second kappa shape index (κ2) is 11.7. The minimum absolute atomic E-state index is 0.419. The fraction of sp³-hybridized carbons (Fsp3) is 0.500. The van der Waals surface area contributed by atoms with Gasteiger partial charge in [0.1, 0.15) is 0 Å². The van der Waals surface area contributed by atoms with Gasteiger partial charge in [0.15, 0.2) is 0 Å². The summed E-state index contributed by atoms with van der Waals surface area (Å²) in [4.78, 5) is 2.18. The maximum Gasteiger partial charge on any atom is 0.0645 e. The Morgan fingerprint density at radius 1 is 0.810 bits per heavy atom. The number of nitriles is 2. The van der Waals surface area contributed by atoms with Crippen molar-refractivity contribution in [2.45, 2.75) is 12.8 Å². The van der Waals surface area contributed by atoms with Crippen molar-refractivity contribution in [2.75, 3.05) is 44.4 Å². The maximum absolute atomic E-state index is 8.46. The Bertz CT molecular complexity index is 427. The van der Waals surface area contributed by atoms with Crippen LogP contribution in [0.4, 0.5) is 5.69 Å². The number of hydrogen-bond acceptors (Lipinski definition) is 5. The monoisotopic (exact) mass is 287 g/mol. The van der Waals surface area contributed by atoms with Crippen LogP contribution < -0.4 is 4.90 Å². The van der Waals surface area contributed by atoms with Gasteiger partial charge in [-0.15, -0.1) is 0 Å². The normalized spacial score (nSPS) is 9.81. The van der Waals surface area contributed by atoms with Gasteiger partial charge >= 0.3 is 0 Å². The number of hydrogen-bond donors (Lipinski definition) is 0. The van der Waals surface area contributed by atoms with Crippen molar-refractivity contribution in [1.29, 1.82) is 10.5 Å². The Morgan fingerprint density at radius 2 is 1.33 bits per heavy atom. The van der Waals surface area contributed by atoms with Crippen molar-refractivity contribution < 1.29 is 9.47 Å². The molecule has 0 unspecified atom stereocenters. The minimum Gasteiger partial charge on any atom is -0.379 e. The van der Waals surface area contributed by atoms with Gasteiger partial charge in [0.2, 0.25) is 0 Å². The molecule has 0 spiro atoms. The molecule has 1 aromatic rings. The van der Waals surface area contributed by atoms with Crippen LogP contribution in [0.15, 0.2) is 30.3 Å². The minimum atomic E-state index is 0.419. The average Bonchev–Trinajstić information content (AvgIpc) is 2.53. The Hall–Kier alpha value is -2.08. The van der Waals surface area contributed by atoms with E-state index in [0.29, 0.717) is 39.3 Å². The molecule has 21 heavy (non-hydrogen) atoms. The van der Waals surface area contributed by atoms with E-state index in [9.17, 15) is 0 Å². The van der Waals surface area contributed by atoms with Gasteiger partial charge < -0.3 is 14.4 Å². The molecule has 0 radical (unpaired) electrons. The van der Waals surface area contributed by atoms with Crippen LogP contribution in [-0.2, 0) is 9.47 Å². The molecular formula is C16H21N3O2. The smallest absolute Gasteiger partial charge is 0.0645 e. The summed E-state index contributed by atoms with van der Waals surface area (Å²) >= 11 is 0. The van der Waals surface area contributed by atoms with E-state index in [0.717, 1.165) is 18.8 Å². The van der Waals surface area contributed by atoms with Gasteiger partial charge in [-0.2, -0.15) is 10.5 Å². The van der Waals surface area contributed by atoms with Crippen LogP contribution in [0, 0.1) is 22.7 Å². The van der Waals surface area contributed by atoms with E-state index < -0.39 is 0 Å². The van der Waals surface area contributed by atoms with Crippen molar-refractivity contribution in [1.82, 2.24) is 0 Å². The number of para-hydroxylation sites is 1. The first kappa shape index (κ1) is 17.0. The lowest BCUT2D eigenvalue weighted by Gasteiger charge is -2.24. The van der Waals surface area contributed by atoms with Crippen LogP contribution >= 0.6 is 0 Å². The highest BCUT2D eigenvalue weighted by atomic mass is 16.5. The molecule has 1 rings (SSSR count). The number of anilines is 1. The molecule has 0 bridgehead atoms. The van der Waals surface area contributed by atoms with Crippen LogP contribution in [0.5, 0.6) is 0 Å². The molecule has 0 aliphatic rings. The van der Waals surface area contributed by atoms with Gasteiger partial charge in [0.25, 0.3) is 0 Å². The Balaban J connectivity index is 2.36. The third-order valence-electron chi connectivity index (χ3n) is 2.85. The quantitative estimate of drug-likeness (QED) is 0.584. The predicted octanol–water partition coefficient (Wildman–Crippen LogP) is 2.35. The van der Waals surface area contributed by atoms with E-state index in [2.05, 4.69) is 17.0 Å². The van der Waals surface area contributed by atoms with Crippen molar-refractivity contribution >= 4 is 5.69 Å². The Kier molecular flexibility index (Phi) is 9.47. The third-order valence-corrected chi connectivity index (χ3v) is 2.85. The number of rotatable bonds is 11. The van der Waals surface area contributed by atoms with Gasteiger partial charge in [0, 0.05) is 18.8 Å². The lowest BCUT2D eigenvalue weighted by atomic mass is 10.3. The van der Waals surface area contributed by atoms with Crippen molar-refractivity contribution in [3.05, 3.63) is 30.3 Å². The number of nitrogens with zero attached hydrogens (tertiary/aromatic N) is 3. The van der Waals surface area contributed by atoms with Crippen LogP contribution in [0.3, 0.4) is 0 Å². The highest BCUT2D eigenvalue weighted by Gasteiger charge is 2.05. The first-order chi connectivity index (χ1) is 10.4. The molecule has 0 fully saturated rings. The molecular weight excluding hydrogens is 266 g/mol. The van der Waals surface area contributed by atoms with E-state index in [-0.39, 0.29) is 0 Å². The summed E-state index contributed by atoms with van der Waals surface area (Å²) < 4.78 is 10.8. The molecule has 0 amide bonds. The number of ether oxygens (including phenoxy) is 2. The molecule has 0 aliphatic heterocycles. The van der Waals surface area contributed by atoms with Crippen LogP contribution in [0.25, 0.3) is 0 Å². The highest BCUT2D eigenvalue weighted by molar-refractivity contribution is 5.45. The molecule has 0 aromatic heterocycles. The largest absolute Gasteiger partial charge is 0.379 e. The summed E-state index contributed by atoms with van der Waals surface area (Å²) in [6.45, 7) is 3.59. The van der Waals surface area contributed by atoms with E-state index >= 15 is 0 Å². The Morgan fingerprint density at radius 3 is 1.81 bits per heavy atom. The van der Waals surface area contributed by atoms with Crippen LogP contribution in [0.2, 0.25) is 0 Å². The molecule has 0 saturated carbocycles.